The molecule has 0 amide bonds. The van der Waals surface area contributed by atoms with Crippen LogP contribution in [0.3, 0.4) is 0 Å². The molecule has 1 unspecified atom stereocenters. The van der Waals surface area contributed by atoms with E-state index in [9.17, 15) is 0 Å². The van der Waals surface area contributed by atoms with Crippen molar-refractivity contribution >= 4 is 29.1 Å². The van der Waals surface area contributed by atoms with E-state index in [1.54, 1.807) is 0 Å². The van der Waals surface area contributed by atoms with Gasteiger partial charge in [0, 0.05) is 52.9 Å². The molecule has 5 N–H and O–H groups in total. The van der Waals surface area contributed by atoms with Crippen molar-refractivity contribution in [2.45, 2.75) is 39.1 Å². The molecular weight excluding hydrogens is 446 g/mol. The van der Waals surface area contributed by atoms with E-state index in [2.05, 4.69) is 53.1 Å². The Balaban J connectivity index is 1.52. The molecule has 34 heavy (non-hydrogen) atoms. The third-order valence-corrected chi connectivity index (χ3v) is 6.34. The van der Waals surface area contributed by atoms with Gasteiger partial charge in [-0.2, -0.15) is 5.10 Å². The number of nitrogens with two attached hydrogens (primary N) is 1. The number of aromatic nitrogens is 2. The molecule has 3 heterocycles. The summed E-state index contributed by atoms with van der Waals surface area (Å²) in [6.07, 6.45) is 6.78. The zero-order chi connectivity index (χ0) is 23.7. The highest BCUT2D eigenvalue weighted by molar-refractivity contribution is 6.30. The fourth-order valence-corrected chi connectivity index (χ4v) is 4.58. The molecule has 5 rings (SSSR count). The predicted octanol–water partition coefficient (Wildman–Crippen LogP) is 4.06. The standard InChI is InChI=1S/C26H30ClN7/c1-17(2)15-34-16-20(13-31-34)24-14-30-26(28,21-4-3-5-22(27)11-21)33-25(24)32-23-7-6-18-8-9-29-12-19(18)10-23/h3-7,10-11,13-14,16-17,29,32-33H,8-9,12,15,28H2,1-2H3. The number of hydrogen-bond donors (Lipinski definition) is 4. The number of anilines is 1. The molecule has 0 spiro atoms. The molecule has 2 aromatic carbocycles. The molecule has 0 saturated heterocycles. The van der Waals surface area contributed by atoms with Gasteiger partial charge >= 0.3 is 0 Å². The first-order valence-electron chi connectivity index (χ1n) is 11.6. The minimum atomic E-state index is -1.15. The maximum absolute atomic E-state index is 6.74. The maximum atomic E-state index is 6.74. The SMILES string of the molecule is CC(C)Cn1cc(C2=C(Nc3ccc4c(c3)CNCC4)NC(N)(c3cccc(Cl)c3)N=C2)cn1. The van der Waals surface area contributed by atoms with Crippen LogP contribution in [-0.4, -0.2) is 22.5 Å². The highest BCUT2D eigenvalue weighted by Gasteiger charge is 2.32. The number of benzene rings is 2. The first-order chi connectivity index (χ1) is 16.4. The monoisotopic (exact) mass is 475 g/mol. The minimum Gasteiger partial charge on any atom is -0.341 e. The molecule has 1 atom stereocenters. The fraction of sp³-hybridized carbons (Fsp3) is 0.308. The van der Waals surface area contributed by atoms with Gasteiger partial charge in [0.05, 0.1) is 6.20 Å². The van der Waals surface area contributed by atoms with E-state index >= 15 is 0 Å². The Morgan fingerprint density at radius 2 is 2.09 bits per heavy atom. The molecule has 2 aliphatic heterocycles. The highest BCUT2D eigenvalue weighted by atomic mass is 35.5. The summed E-state index contributed by atoms with van der Waals surface area (Å²) in [4.78, 5) is 4.70. The molecule has 0 radical (unpaired) electrons. The van der Waals surface area contributed by atoms with Gasteiger partial charge in [0.2, 0.25) is 5.79 Å². The number of allylic oxidation sites excluding steroid dienone is 1. The van der Waals surface area contributed by atoms with E-state index < -0.39 is 5.79 Å². The van der Waals surface area contributed by atoms with E-state index in [4.69, 9.17) is 22.3 Å². The van der Waals surface area contributed by atoms with Crippen LogP contribution >= 0.6 is 11.6 Å². The van der Waals surface area contributed by atoms with Gasteiger partial charge in [0.15, 0.2) is 0 Å². The molecule has 7 nitrogen and oxygen atoms in total. The van der Waals surface area contributed by atoms with Crippen molar-refractivity contribution in [3.05, 3.63) is 88.0 Å². The quantitative estimate of drug-likeness (QED) is 0.431. The van der Waals surface area contributed by atoms with Crippen molar-refractivity contribution < 1.29 is 0 Å². The van der Waals surface area contributed by atoms with Crippen LogP contribution in [0, 0.1) is 5.92 Å². The molecule has 176 valence electrons. The lowest BCUT2D eigenvalue weighted by molar-refractivity contribution is 0.400. The van der Waals surface area contributed by atoms with Crippen molar-refractivity contribution in [2.75, 3.05) is 11.9 Å². The number of hydrogen-bond acceptors (Lipinski definition) is 6. The van der Waals surface area contributed by atoms with Crippen molar-refractivity contribution in [3.63, 3.8) is 0 Å². The van der Waals surface area contributed by atoms with Crippen LogP contribution in [0.2, 0.25) is 5.02 Å². The molecule has 0 bridgehead atoms. The smallest absolute Gasteiger partial charge is 0.210 e. The Kier molecular flexibility index (Phi) is 6.16. The van der Waals surface area contributed by atoms with Crippen LogP contribution < -0.4 is 21.7 Å². The van der Waals surface area contributed by atoms with Gasteiger partial charge in [-0.15, -0.1) is 0 Å². The van der Waals surface area contributed by atoms with Gasteiger partial charge in [0.1, 0.15) is 5.82 Å². The third kappa shape index (κ3) is 4.73. The van der Waals surface area contributed by atoms with Crippen LogP contribution in [0.25, 0.3) is 5.57 Å². The van der Waals surface area contributed by atoms with Gasteiger partial charge in [0.25, 0.3) is 0 Å². The van der Waals surface area contributed by atoms with Crippen molar-refractivity contribution in [2.24, 2.45) is 16.6 Å². The highest BCUT2D eigenvalue weighted by Crippen LogP contribution is 2.30. The molecule has 0 aliphatic carbocycles. The van der Waals surface area contributed by atoms with Gasteiger partial charge in [-0.25, -0.2) is 4.99 Å². The number of halogens is 1. The van der Waals surface area contributed by atoms with Crippen LogP contribution in [0.4, 0.5) is 5.69 Å². The average Bonchev–Trinajstić information content (AvgIpc) is 3.26. The van der Waals surface area contributed by atoms with Crippen LogP contribution in [0.15, 0.2) is 65.7 Å². The summed E-state index contributed by atoms with van der Waals surface area (Å²) in [6, 6.07) is 14.0. The number of nitrogens with zero attached hydrogens (tertiary/aromatic N) is 3. The van der Waals surface area contributed by atoms with E-state index in [0.717, 1.165) is 54.3 Å². The molecule has 0 saturated carbocycles. The summed E-state index contributed by atoms with van der Waals surface area (Å²) in [5.74, 6) is 0.117. The van der Waals surface area contributed by atoms with E-state index in [1.807, 2.05) is 47.6 Å². The summed E-state index contributed by atoms with van der Waals surface area (Å²) in [6.45, 7) is 7.09. The Hall–Kier alpha value is -3.13. The summed E-state index contributed by atoms with van der Waals surface area (Å²) in [5, 5.41) is 15.6. The minimum absolute atomic E-state index is 0.501. The molecular formula is C26H30ClN7. The topological polar surface area (TPSA) is 92.3 Å². The number of nitrogens with one attached hydrogen (secondary N) is 3. The lowest BCUT2D eigenvalue weighted by atomic mass is 10.00. The first kappa shape index (κ1) is 22.7. The summed E-state index contributed by atoms with van der Waals surface area (Å²) >= 11 is 6.25. The summed E-state index contributed by atoms with van der Waals surface area (Å²) in [5.41, 5.74) is 13.1. The van der Waals surface area contributed by atoms with Crippen molar-refractivity contribution in [3.8, 4) is 0 Å². The maximum Gasteiger partial charge on any atom is 0.210 e. The van der Waals surface area contributed by atoms with E-state index in [-0.39, 0.29) is 0 Å². The Morgan fingerprint density at radius 3 is 2.91 bits per heavy atom. The van der Waals surface area contributed by atoms with Gasteiger partial charge in [-0.05, 0) is 54.3 Å². The third-order valence-electron chi connectivity index (χ3n) is 6.11. The van der Waals surface area contributed by atoms with Crippen molar-refractivity contribution in [1.82, 2.24) is 20.4 Å². The Morgan fingerprint density at radius 1 is 1.21 bits per heavy atom. The predicted molar refractivity (Wildman–Crippen MR) is 138 cm³/mol. The Bertz CT molecular complexity index is 1260. The number of fused-ring (bicyclic) bond motifs is 1. The molecule has 0 fully saturated rings. The second-order valence-corrected chi connectivity index (χ2v) is 9.77. The first-order valence-corrected chi connectivity index (χ1v) is 12.0. The molecule has 8 heteroatoms. The lowest BCUT2D eigenvalue weighted by Crippen LogP contribution is -2.51. The van der Waals surface area contributed by atoms with Crippen molar-refractivity contribution in [1.29, 1.82) is 0 Å². The second-order valence-electron chi connectivity index (χ2n) is 9.33. The normalized spacial score (nSPS) is 19.8. The largest absolute Gasteiger partial charge is 0.341 e. The van der Waals surface area contributed by atoms with Crippen LogP contribution in [-0.2, 0) is 25.3 Å². The number of aliphatic imine (C=N–C) groups is 1. The molecule has 1 aromatic heterocycles. The number of rotatable bonds is 6. The van der Waals surface area contributed by atoms with E-state index in [0.29, 0.717) is 10.9 Å². The van der Waals surface area contributed by atoms with Gasteiger partial charge < -0.3 is 16.0 Å². The van der Waals surface area contributed by atoms with Crippen LogP contribution in [0.1, 0.15) is 36.1 Å². The summed E-state index contributed by atoms with van der Waals surface area (Å²) in [7, 11) is 0. The molecule has 2 aliphatic rings. The molecule has 3 aromatic rings. The Labute approximate surface area is 205 Å². The van der Waals surface area contributed by atoms with E-state index in [1.165, 1.54) is 11.1 Å². The van der Waals surface area contributed by atoms with Gasteiger partial charge in [-0.3, -0.25) is 10.4 Å². The van der Waals surface area contributed by atoms with Gasteiger partial charge in [-0.1, -0.05) is 43.6 Å². The van der Waals surface area contributed by atoms with Crippen LogP contribution in [0.5, 0.6) is 0 Å². The second kappa shape index (κ2) is 9.25. The average molecular weight is 476 g/mol. The lowest BCUT2D eigenvalue weighted by Gasteiger charge is -2.34. The zero-order valence-corrected chi connectivity index (χ0v) is 20.2. The fourth-order valence-electron chi connectivity index (χ4n) is 4.39. The summed E-state index contributed by atoms with van der Waals surface area (Å²) < 4.78 is 1.96. The zero-order valence-electron chi connectivity index (χ0n) is 19.5.